The molecule has 0 aliphatic carbocycles. The van der Waals surface area contributed by atoms with Gasteiger partial charge < -0.3 is 9.88 Å². The maximum absolute atomic E-state index is 12.6. The Morgan fingerprint density at radius 1 is 1.09 bits per heavy atom. The average Bonchev–Trinajstić information content (AvgIpc) is 3.28. The van der Waals surface area contributed by atoms with Gasteiger partial charge in [-0.25, -0.2) is 4.68 Å². The van der Waals surface area contributed by atoms with Crippen LogP contribution in [0.2, 0.25) is 5.02 Å². The smallest absolute Gasteiger partial charge is 0.276 e. The van der Waals surface area contributed by atoms with Crippen LogP contribution >= 0.6 is 11.6 Å². The number of hydrogen-bond donors (Lipinski definition) is 1. The molecule has 0 aliphatic heterocycles. The molecule has 2 aromatic heterocycles. The number of nitrogens with zero attached hydrogens (tertiary/aromatic N) is 4. The summed E-state index contributed by atoms with van der Waals surface area (Å²) >= 11 is 6.18. The zero-order chi connectivity index (χ0) is 22.7. The first-order valence-corrected chi connectivity index (χ1v) is 9.84. The molecule has 1 amide bonds. The van der Waals surface area contributed by atoms with Crippen molar-refractivity contribution in [1.29, 1.82) is 0 Å². The highest BCUT2D eigenvalue weighted by Crippen LogP contribution is 2.18. The fourth-order valence-corrected chi connectivity index (χ4v) is 3.27. The van der Waals surface area contributed by atoms with E-state index in [-0.39, 0.29) is 23.5 Å². The second kappa shape index (κ2) is 8.86. The van der Waals surface area contributed by atoms with Crippen LogP contribution in [0.4, 0.5) is 11.4 Å². The van der Waals surface area contributed by atoms with Gasteiger partial charge >= 0.3 is 0 Å². The summed E-state index contributed by atoms with van der Waals surface area (Å²) in [6.45, 7) is 0.254. The van der Waals surface area contributed by atoms with Crippen LogP contribution in [0.1, 0.15) is 16.1 Å². The lowest BCUT2D eigenvalue weighted by Gasteiger charge is -2.10. The van der Waals surface area contributed by atoms with Crippen LogP contribution in [-0.4, -0.2) is 25.2 Å². The number of hydrogen-bond acceptors (Lipinski definition) is 5. The molecule has 4 rings (SSSR count). The minimum atomic E-state index is -0.502. The van der Waals surface area contributed by atoms with E-state index >= 15 is 0 Å². The van der Waals surface area contributed by atoms with Crippen molar-refractivity contribution < 1.29 is 9.72 Å². The molecule has 0 saturated carbocycles. The van der Waals surface area contributed by atoms with Gasteiger partial charge in [-0.1, -0.05) is 35.9 Å². The Morgan fingerprint density at radius 3 is 2.69 bits per heavy atom. The summed E-state index contributed by atoms with van der Waals surface area (Å²) in [5.74, 6) is -0.489. The van der Waals surface area contributed by atoms with Gasteiger partial charge in [-0.05, 0) is 29.8 Å². The Balaban J connectivity index is 1.52. The molecule has 0 aliphatic rings. The molecule has 0 radical (unpaired) electrons. The van der Waals surface area contributed by atoms with Crippen LogP contribution in [0.15, 0.2) is 83.9 Å². The van der Waals surface area contributed by atoms with Gasteiger partial charge in [-0.2, -0.15) is 5.10 Å². The summed E-state index contributed by atoms with van der Waals surface area (Å²) in [5, 5.41) is 18.4. The SMILES string of the molecule is O=C(Nc1ccc(=O)n(Cc2ccccc2Cl)c1)c1ccn(-c2cccc([N+](=O)[O-])c2)n1. The van der Waals surface area contributed by atoms with Crippen molar-refractivity contribution in [2.45, 2.75) is 6.54 Å². The summed E-state index contributed by atoms with van der Waals surface area (Å²) in [7, 11) is 0. The van der Waals surface area contributed by atoms with E-state index in [1.165, 1.54) is 58.0 Å². The second-order valence-corrected chi connectivity index (χ2v) is 7.26. The normalized spacial score (nSPS) is 10.7. The quantitative estimate of drug-likeness (QED) is 0.354. The average molecular weight is 450 g/mol. The van der Waals surface area contributed by atoms with Gasteiger partial charge in [0.15, 0.2) is 5.69 Å². The third kappa shape index (κ3) is 4.57. The molecule has 32 heavy (non-hydrogen) atoms. The number of anilines is 1. The number of carbonyl (C=O) groups excluding carboxylic acids is 1. The van der Waals surface area contributed by atoms with Gasteiger partial charge in [0.2, 0.25) is 0 Å². The zero-order valence-electron chi connectivity index (χ0n) is 16.5. The number of benzene rings is 2. The highest BCUT2D eigenvalue weighted by molar-refractivity contribution is 6.31. The number of non-ortho nitro benzene ring substituents is 1. The molecule has 9 nitrogen and oxygen atoms in total. The van der Waals surface area contributed by atoms with Gasteiger partial charge in [0.25, 0.3) is 17.2 Å². The van der Waals surface area contributed by atoms with Gasteiger partial charge in [-0.15, -0.1) is 0 Å². The van der Waals surface area contributed by atoms with Gasteiger partial charge in [0, 0.05) is 35.6 Å². The highest BCUT2D eigenvalue weighted by atomic mass is 35.5. The highest BCUT2D eigenvalue weighted by Gasteiger charge is 2.13. The minimum Gasteiger partial charge on any atom is -0.319 e. The van der Waals surface area contributed by atoms with E-state index in [0.29, 0.717) is 16.4 Å². The molecule has 1 N–H and O–H groups in total. The lowest BCUT2D eigenvalue weighted by molar-refractivity contribution is -0.384. The number of amides is 1. The van der Waals surface area contributed by atoms with E-state index < -0.39 is 10.8 Å². The second-order valence-electron chi connectivity index (χ2n) is 6.85. The number of nitrogens with one attached hydrogen (secondary N) is 1. The first-order valence-electron chi connectivity index (χ1n) is 9.46. The lowest BCUT2D eigenvalue weighted by atomic mass is 10.2. The Hall–Kier alpha value is -4.24. The molecular weight excluding hydrogens is 434 g/mol. The third-order valence-electron chi connectivity index (χ3n) is 4.67. The lowest BCUT2D eigenvalue weighted by Crippen LogP contribution is -2.21. The molecule has 2 aromatic carbocycles. The number of nitro benzene ring substituents is 1. The Labute approximate surface area is 186 Å². The van der Waals surface area contributed by atoms with Crippen molar-refractivity contribution in [2.24, 2.45) is 0 Å². The maximum atomic E-state index is 12.6. The summed E-state index contributed by atoms with van der Waals surface area (Å²) in [6.07, 6.45) is 3.06. The number of pyridine rings is 1. The number of nitro groups is 1. The van der Waals surface area contributed by atoms with Crippen molar-refractivity contribution >= 4 is 28.9 Å². The summed E-state index contributed by atoms with van der Waals surface area (Å²) in [6, 6.07) is 17.5. The third-order valence-corrected chi connectivity index (χ3v) is 5.04. The van der Waals surface area contributed by atoms with Crippen molar-refractivity contribution in [3.63, 3.8) is 0 Å². The standard InChI is InChI=1S/C22H16ClN5O4/c23-19-7-2-1-4-15(19)13-26-14-16(8-9-21(26)29)24-22(30)20-10-11-27(25-20)17-5-3-6-18(12-17)28(31)32/h1-12,14H,13H2,(H,24,30). The molecular formula is C22H16ClN5O4. The van der Waals surface area contributed by atoms with Crippen LogP contribution in [0, 0.1) is 10.1 Å². The summed E-state index contributed by atoms with van der Waals surface area (Å²) in [4.78, 5) is 35.3. The van der Waals surface area contributed by atoms with E-state index in [1.54, 1.807) is 18.2 Å². The van der Waals surface area contributed by atoms with E-state index in [9.17, 15) is 19.7 Å². The number of aromatic nitrogens is 3. The van der Waals surface area contributed by atoms with E-state index in [0.717, 1.165) is 5.56 Å². The Morgan fingerprint density at radius 2 is 1.91 bits per heavy atom. The minimum absolute atomic E-state index is 0.0789. The molecule has 0 saturated heterocycles. The zero-order valence-corrected chi connectivity index (χ0v) is 17.3. The van der Waals surface area contributed by atoms with Crippen LogP contribution in [0.5, 0.6) is 0 Å². The number of carbonyl (C=O) groups is 1. The van der Waals surface area contributed by atoms with Crippen molar-refractivity contribution in [2.75, 3.05) is 5.32 Å². The molecule has 0 spiro atoms. The van der Waals surface area contributed by atoms with Crippen LogP contribution < -0.4 is 10.9 Å². The monoisotopic (exact) mass is 449 g/mol. The van der Waals surface area contributed by atoms with Crippen molar-refractivity contribution in [3.8, 4) is 5.69 Å². The van der Waals surface area contributed by atoms with Crippen LogP contribution in [0.25, 0.3) is 5.69 Å². The van der Waals surface area contributed by atoms with Crippen molar-refractivity contribution in [1.82, 2.24) is 14.3 Å². The molecule has 160 valence electrons. The fraction of sp³-hybridized carbons (Fsp3) is 0.0455. The summed E-state index contributed by atoms with van der Waals surface area (Å²) in [5.41, 5.74) is 1.43. The number of rotatable bonds is 6. The predicted molar refractivity (Wildman–Crippen MR) is 119 cm³/mol. The van der Waals surface area contributed by atoms with Crippen LogP contribution in [0.3, 0.4) is 0 Å². The van der Waals surface area contributed by atoms with E-state index in [2.05, 4.69) is 10.4 Å². The first-order chi connectivity index (χ1) is 15.4. The molecule has 2 heterocycles. The van der Waals surface area contributed by atoms with E-state index in [1.807, 2.05) is 12.1 Å². The van der Waals surface area contributed by atoms with Gasteiger partial charge in [0.1, 0.15) is 0 Å². The molecule has 0 atom stereocenters. The predicted octanol–water partition coefficient (Wildman–Crippen LogP) is 3.90. The molecule has 0 unspecified atom stereocenters. The molecule has 0 bridgehead atoms. The maximum Gasteiger partial charge on any atom is 0.276 e. The largest absolute Gasteiger partial charge is 0.319 e. The Bertz CT molecular complexity index is 1380. The molecule has 10 heteroatoms. The van der Waals surface area contributed by atoms with Gasteiger partial charge in [-0.3, -0.25) is 19.7 Å². The fourth-order valence-electron chi connectivity index (χ4n) is 3.07. The molecule has 4 aromatic rings. The first kappa shape index (κ1) is 21.0. The van der Waals surface area contributed by atoms with Crippen LogP contribution in [-0.2, 0) is 6.54 Å². The Kier molecular flexibility index (Phi) is 5.82. The van der Waals surface area contributed by atoms with E-state index in [4.69, 9.17) is 11.6 Å². The van der Waals surface area contributed by atoms with Gasteiger partial charge in [0.05, 0.1) is 22.8 Å². The number of halogens is 1. The topological polar surface area (TPSA) is 112 Å². The molecule has 0 fully saturated rings. The van der Waals surface area contributed by atoms with Crippen molar-refractivity contribution in [3.05, 3.63) is 116 Å². The summed E-state index contributed by atoms with van der Waals surface area (Å²) < 4.78 is 2.82.